The maximum Gasteiger partial charge on any atom is 0.416 e. The van der Waals surface area contributed by atoms with Gasteiger partial charge < -0.3 is 10.0 Å². The van der Waals surface area contributed by atoms with Crippen molar-refractivity contribution in [3.8, 4) is 0 Å². The van der Waals surface area contributed by atoms with Gasteiger partial charge in [-0.15, -0.1) is 0 Å². The van der Waals surface area contributed by atoms with E-state index in [1.807, 2.05) is 34.6 Å². The van der Waals surface area contributed by atoms with Gasteiger partial charge in [0.15, 0.2) is 0 Å². The van der Waals surface area contributed by atoms with Crippen molar-refractivity contribution < 1.29 is 27.9 Å². The number of benzene rings is 1. The number of rotatable bonds is 7. The van der Waals surface area contributed by atoms with Crippen molar-refractivity contribution in [2.45, 2.75) is 78.8 Å². The molecule has 178 valence electrons. The molecule has 7 heteroatoms. The minimum absolute atomic E-state index is 0.00470. The lowest BCUT2D eigenvalue weighted by atomic mass is 9.67. The fourth-order valence-electron chi connectivity index (χ4n) is 4.26. The van der Waals surface area contributed by atoms with E-state index in [0.29, 0.717) is 18.4 Å². The molecular formula is C25H34F3NO3. The fourth-order valence-corrected chi connectivity index (χ4v) is 4.26. The molecule has 0 saturated heterocycles. The second-order valence-corrected chi connectivity index (χ2v) is 10.4. The predicted molar refractivity (Wildman–Crippen MR) is 118 cm³/mol. The maximum atomic E-state index is 14.0. The molecule has 1 aromatic carbocycles. The van der Waals surface area contributed by atoms with E-state index >= 15 is 0 Å². The summed E-state index contributed by atoms with van der Waals surface area (Å²) in [4.78, 5) is 25.1. The largest absolute Gasteiger partial charge is 0.481 e. The summed E-state index contributed by atoms with van der Waals surface area (Å²) in [7, 11) is 0. The maximum absolute atomic E-state index is 14.0. The van der Waals surface area contributed by atoms with Crippen LogP contribution in [0.15, 0.2) is 30.0 Å². The lowest BCUT2D eigenvalue weighted by Gasteiger charge is -2.41. The molecule has 1 aromatic rings. The van der Waals surface area contributed by atoms with Crippen LogP contribution in [0.25, 0.3) is 0 Å². The summed E-state index contributed by atoms with van der Waals surface area (Å²) < 4.78 is 41.9. The molecule has 1 aliphatic rings. The zero-order chi connectivity index (χ0) is 24.5. The van der Waals surface area contributed by atoms with Crippen LogP contribution in [0.2, 0.25) is 0 Å². The van der Waals surface area contributed by atoms with Gasteiger partial charge in [-0.2, -0.15) is 13.2 Å². The molecule has 1 amide bonds. The molecule has 0 aromatic heterocycles. The highest BCUT2D eigenvalue weighted by Crippen LogP contribution is 2.45. The number of hydrogen-bond acceptors (Lipinski definition) is 2. The number of amides is 1. The van der Waals surface area contributed by atoms with E-state index in [9.17, 15) is 22.8 Å². The summed E-state index contributed by atoms with van der Waals surface area (Å²) in [6.07, 6.45) is -2.10. The third-order valence-corrected chi connectivity index (χ3v) is 6.14. The van der Waals surface area contributed by atoms with Crippen molar-refractivity contribution in [1.29, 1.82) is 0 Å². The molecule has 1 N–H and O–H groups in total. The Morgan fingerprint density at radius 1 is 1.22 bits per heavy atom. The summed E-state index contributed by atoms with van der Waals surface area (Å²) in [5.74, 6) is -1.33. The number of carbonyl (C=O) groups excluding carboxylic acids is 1. The number of hydrogen-bond donors (Lipinski definition) is 1. The normalized spacial score (nSPS) is 20.0. The molecule has 0 saturated carbocycles. The van der Waals surface area contributed by atoms with E-state index < -0.39 is 23.1 Å². The molecule has 1 heterocycles. The minimum atomic E-state index is -4.49. The molecule has 1 atom stereocenters. The second-order valence-electron chi connectivity index (χ2n) is 10.4. The van der Waals surface area contributed by atoms with Gasteiger partial charge in [-0.25, -0.2) is 0 Å². The Morgan fingerprint density at radius 3 is 2.34 bits per heavy atom. The van der Waals surface area contributed by atoms with Crippen LogP contribution in [0.1, 0.15) is 77.5 Å². The van der Waals surface area contributed by atoms with Gasteiger partial charge in [0, 0.05) is 24.6 Å². The van der Waals surface area contributed by atoms with Crippen LogP contribution in [-0.4, -0.2) is 28.4 Å². The first-order chi connectivity index (χ1) is 14.5. The highest BCUT2D eigenvalue weighted by atomic mass is 19.4. The molecule has 0 radical (unpaired) electrons. The highest BCUT2D eigenvalue weighted by molar-refractivity contribution is 5.82. The number of carboxylic acids is 1. The smallest absolute Gasteiger partial charge is 0.416 e. The van der Waals surface area contributed by atoms with E-state index in [4.69, 9.17) is 5.11 Å². The summed E-state index contributed by atoms with van der Waals surface area (Å²) in [6, 6.07) is 4.46. The van der Waals surface area contributed by atoms with Crippen molar-refractivity contribution in [1.82, 2.24) is 4.90 Å². The molecule has 0 aliphatic carbocycles. The molecule has 1 aliphatic heterocycles. The summed E-state index contributed by atoms with van der Waals surface area (Å²) in [6.45, 7) is 11.7. The zero-order valence-electron chi connectivity index (χ0n) is 19.8. The Kier molecular flexibility index (Phi) is 7.52. The van der Waals surface area contributed by atoms with E-state index in [1.165, 1.54) is 11.0 Å². The first-order valence-electron chi connectivity index (χ1n) is 11.0. The van der Waals surface area contributed by atoms with E-state index in [2.05, 4.69) is 0 Å². The first kappa shape index (κ1) is 25.9. The fraction of sp³-hybridized carbons (Fsp3) is 0.600. The van der Waals surface area contributed by atoms with Gasteiger partial charge in [-0.1, -0.05) is 53.7 Å². The van der Waals surface area contributed by atoms with Crippen molar-refractivity contribution in [2.75, 3.05) is 6.54 Å². The Balaban J connectivity index is 2.52. The third-order valence-electron chi connectivity index (χ3n) is 6.14. The van der Waals surface area contributed by atoms with Crippen LogP contribution in [0.3, 0.4) is 0 Å². The molecule has 0 unspecified atom stereocenters. The Hall–Kier alpha value is -2.31. The lowest BCUT2D eigenvalue weighted by molar-refractivity contribution is -0.139. The van der Waals surface area contributed by atoms with Crippen LogP contribution in [-0.2, 0) is 27.6 Å². The number of allylic oxidation sites excluding steroid dienone is 1. The van der Waals surface area contributed by atoms with Crippen molar-refractivity contribution in [3.63, 3.8) is 0 Å². The number of carboxylic acid groups (broad SMARTS) is 1. The van der Waals surface area contributed by atoms with Gasteiger partial charge in [-0.05, 0) is 46.9 Å². The number of halogens is 3. The standard InChI is InChI=1S/C25H34F3NO3/c1-16(2)20-15-29(12-10-22(31)32)21(30)14-24(20,6)18-8-7-17(9-11-23(3,4)5)19(13-18)25(26,27)28/h7-8,13,15-16H,9-12,14H2,1-6H3,(H,31,32)/t24-/m0/s1. The van der Waals surface area contributed by atoms with Crippen LogP contribution in [0.4, 0.5) is 13.2 Å². The molecule has 32 heavy (non-hydrogen) atoms. The topological polar surface area (TPSA) is 57.6 Å². The number of carbonyl (C=O) groups is 2. The molecule has 0 fully saturated rings. The highest BCUT2D eigenvalue weighted by Gasteiger charge is 2.42. The number of aliphatic carboxylic acids is 1. The van der Waals surface area contributed by atoms with Crippen molar-refractivity contribution in [3.05, 3.63) is 46.7 Å². The average Bonchev–Trinajstić information content (AvgIpc) is 2.63. The minimum Gasteiger partial charge on any atom is -0.481 e. The number of aryl methyl sites for hydroxylation is 1. The van der Waals surface area contributed by atoms with Crippen LogP contribution >= 0.6 is 0 Å². The molecule has 0 spiro atoms. The third kappa shape index (κ3) is 6.14. The van der Waals surface area contributed by atoms with Gasteiger partial charge in [0.05, 0.1) is 12.0 Å². The van der Waals surface area contributed by atoms with Gasteiger partial charge in [0.25, 0.3) is 0 Å². The van der Waals surface area contributed by atoms with Crippen LogP contribution in [0, 0.1) is 11.3 Å². The van der Waals surface area contributed by atoms with Crippen molar-refractivity contribution >= 4 is 11.9 Å². The average molecular weight is 454 g/mol. The van der Waals surface area contributed by atoms with Gasteiger partial charge in [0.1, 0.15) is 0 Å². The molecule has 0 bridgehead atoms. The van der Waals surface area contributed by atoms with Gasteiger partial charge >= 0.3 is 12.1 Å². The van der Waals surface area contributed by atoms with Crippen molar-refractivity contribution in [2.24, 2.45) is 11.3 Å². The molecular weight excluding hydrogens is 419 g/mol. The van der Waals surface area contributed by atoms with Gasteiger partial charge in [0.2, 0.25) is 5.91 Å². The Bertz CT molecular complexity index is 897. The Labute approximate surface area is 188 Å². The predicted octanol–water partition coefficient (Wildman–Crippen LogP) is 6.19. The summed E-state index contributed by atoms with van der Waals surface area (Å²) in [5, 5.41) is 8.95. The van der Waals surface area contributed by atoms with E-state index in [1.54, 1.807) is 25.3 Å². The van der Waals surface area contributed by atoms with Gasteiger partial charge in [-0.3, -0.25) is 9.59 Å². The molecule has 2 rings (SSSR count). The summed E-state index contributed by atoms with van der Waals surface area (Å²) in [5.41, 5.74) is -0.0953. The lowest BCUT2D eigenvalue weighted by Crippen LogP contribution is -2.43. The number of nitrogens with zero attached hydrogens (tertiary/aromatic N) is 1. The summed E-state index contributed by atoms with van der Waals surface area (Å²) >= 11 is 0. The first-order valence-corrected chi connectivity index (χ1v) is 11.0. The Morgan fingerprint density at radius 2 is 1.84 bits per heavy atom. The van der Waals surface area contributed by atoms with E-state index in [-0.39, 0.29) is 42.2 Å². The van der Waals surface area contributed by atoms with Crippen LogP contribution in [0.5, 0.6) is 0 Å². The zero-order valence-corrected chi connectivity index (χ0v) is 19.8. The second kappa shape index (κ2) is 9.28. The SMILES string of the molecule is CC(C)C1=CN(CCC(=O)O)C(=O)C[C@@]1(C)c1ccc(CCC(C)(C)C)c(C(F)(F)F)c1. The number of alkyl halides is 3. The van der Waals surface area contributed by atoms with Crippen LogP contribution < -0.4 is 0 Å². The quantitative estimate of drug-likeness (QED) is 0.536. The van der Waals surface area contributed by atoms with E-state index in [0.717, 1.165) is 5.57 Å². The monoisotopic (exact) mass is 453 g/mol. The molecule has 4 nitrogen and oxygen atoms in total.